The van der Waals surface area contributed by atoms with Crippen LogP contribution < -0.4 is 16.0 Å². The lowest BCUT2D eigenvalue weighted by molar-refractivity contribution is -0.120. The molecule has 0 bridgehead atoms. The highest BCUT2D eigenvalue weighted by Gasteiger charge is 2.13. The third-order valence-electron chi connectivity index (χ3n) is 7.61. The Balaban J connectivity index is 1.18. The first-order valence-corrected chi connectivity index (χ1v) is 15.9. The molecule has 0 aliphatic rings. The number of benzene rings is 4. The van der Waals surface area contributed by atoms with Crippen molar-refractivity contribution in [3.63, 3.8) is 0 Å². The Labute approximate surface area is 279 Å². The summed E-state index contributed by atoms with van der Waals surface area (Å²) < 4.78 is 0. The largest absolute Gasteiger partial charge is 0.508 e. The lowest BCUT2D eigenvalue weighted by Crippen LogP contribution is -2.32. The van der Waals surface area contributed by atoms with Crippen molar-refractivity contribution >= 4 is 35.0 Å². The Bertz CT molecular complexity index is 1630. The number of rotatable bonds is 15. The maximum atomic E-state index is 12.7. The summed E-state index contributed by atoms with van der Waals surface area (Å²) in [5.74, 6) is -0.282. The highest BCUT2D eigenvalue weighted by molar-refractivity contribution is 6.42. The van der Waals surface area contributed by atoms with Crippen LogP contribution in [0.5, 0.6) is 5.75 Å². The summed E-state index contributed by atoms with van der Waals surface area (Å²) in [5, 5.41) is 39.8. The van der Waals surface area contributed by atoms with Crippen LogP contribution in [-0.2, 0) is 37.2 Å². The fourth-order valence-corrected chi connectivity index (χ4v) is 5.32. The van der Waals surface area contributed by atoms with E-state index in [9.17, 15) is 24.9 Å². The van der Waals surface area contributed by atoms with Crippen LogP contribution in [0.3, 0.4) is 0 Å². The number of amides is 2. The highest BCUT2D eigenvalue weighted by atomic mass is 35.5. The zero-order valence-corrected chi connectivity index (χ0v) is 27.1. The Morgan fingerprint density at radius 1 is 0.826 bits per heavy atom. The van der Waals surface area contributed by atoms with Crippen molar-refractivity contribution in [2.45, 2.75) is 51.5 Å². The third kappa shape index (κ3) is 10.6. The van der Waals surface area contributed by atoms with Gasteiger partial charge in [0.25, 0.3) is 5.91 Å². The molecule has 0 saturated carbocycles. The van der Waals surface area contributed by atoms with Gasteiger partial charge in [0.15, 0.2) is 0 Å². The van der Waals surface area contributed by atoms with Crippen LogP contribution in [0.4, 0.5) is 0 Å². The van der Waals surface area contributed by atoms with Crippen LogP contribution in [0, 0.1) is 0 Å². The number of carbonyl (C=O) groups is 2. The van der Waals surface area contributed by atoms with Gasteiger partial charge in [-0.1, -0.05) is 71.7 Å². The third-order valence-corrected chi connectivity index (χ3v) is 8.34. The number of halogens is 2. The molecule has 0 fully saturated rings. The lowest BCUT2D eigenvalue weighted by atomic mass is 10.0. The van der Waals surface area contributed by atoms with Gasteiger partial charge in [-0.15, -0.1) is 0 Å². The monoisotopic (exact) mass is 663 g/mol. The van der Waals surface area contributed by atoms with Crippen molar-refractivity contribution in [1.82, 2.24) is 16.0 Å². The molecule has 242 valence electrons. The van der Waals surface area contributed by atoms with Crippen molar-refractivity contribution in [2.75, 3.05) is 13.1 Å². The minimum Gasteiger partial charge on any atom is -0.508 e. The van der Waals surface area contributed by atoms with Gasteiger partial charge in [0, 0.05) is 36.8 Å². The number of carbonyl (C=O) groups excluding carboxylic acids is 2. The van der Waals surface area contributed by atoms with E-state index in [0.717, 1.165) is 22.3 Å². The molecular formula is C36H39Cl2N3O5. The van der Waals surface area contributed by atoms with E-state index in [1.54, 1.807) is 36.4 Å². The molecule has 6 N–H and O–H groups in total. The standard InChI is InChI=1S/C36H39Cl2N3O5/c1-23(40-21-34(44)29-10-12-33(43)30(19-29)22-42)15-26-3-2-4-27(16-26)18-35(45)41-20-25-5-8-28(9-6-25)36(46)39-14-13-24-7-11-31(37)32(38)17-24/h2-12,16-17,19,23,34,40,42-44H,13-15,18,20-22H2,1H3,(H,39,46)(H,41,45)/t23-,34+/m1/s1. The molecule has 0 aliphatic carbocycles. The molecule has 4 aromatic rings. The summed E-state index contributed by atoms with van der Waals surface area (Å²) in [6.07, 6.45) is 0.782. The molecule has 4 aromatic carbocycles. The second-order valence-corrected chi connectivity index (χ2v) is 12.1. The average molecular weight is 665 g/mol. The van der Waals surface area contributed by atoms with E-state index in [0.29, 0.717) is 59.2 Å². The smallest absolute Gasteiger partial charge is 0.251 e. The molecule has 4 rings (SSSR count). The molecule has 10 heteroatoms. The van der Waals surface area contributed by atoms with Gasteiger partial charge in [-0.3, -0.25) is 9.59 Å². The maximum absolute atomic E-state index is 12.7. The summed E-state index contributed by atoms with van der Waals surface area (Å²) in [6.45, 7) is 2.84. The number of hydrogen-bond donors (Lipinski definition) is 6. The lowest BCUT2D eigenvalue weighted by Gasteiger charge is -2.18. The van der Waals surface area contributed by atoms with Gasteiger partial charge in [-0.2, -0.15) is 0 Å². The van der Waals surface area contributed by atoms with Crippen LogP contribution in [0.2, 0.25) is 10.0 Å². The van der Waals surface area contributed by atoms with Gasteiger partial charge < -0.3 is 31.3 Å². The Morgan fingerprint density at radius 3 is 2.30 bits per heavy atom. The first kappa shape index (κ1) is 34.9. The maximum Gasteiger partial charge on any atom is 0.251 e. The predicted molar refractivity (Wildman–Crippen MR) is 181 cm³/mol. The summed E-state index contributed by atoms with van der Waals surface area (Å²) in [7, 11) is 0. The average Bonchev–Trinajstić information content (AvgIpc) is 3.05. The van der Waals surface area contributed by atoms with Crippen molar-refractivity contribution < 1.29 is 24.9 Å². The first-order valence-electron chi connectivity index (χ1n) is 15.1. The van der Waals surface area contributed by atoms with Gasteiger partial charge in [-0.05, 0) is 84.0 Å². The number of phenols is 1. The number of aliphatic hydroxyl groups excluding tert-OH is 2. The second kappa shape index (κ2) is 17.1. The molecule has 2 amide bonds. The minimum absolute atomic E-state index is 0.00173. The molecular weight excluding hydrogens is 625 g/mol. The topological polar surface area (TPSA) is 131 Å². The predicted octanol–water partition coefficient (Wildman–Crippen LogP) is 5.28. The summed E-state index contributed by atoms with van der Waals surface area (Å²) in [5.41, 5.74) is 5.36. The molecule has 0 heterocycles. The fourth-order valence-electron chi connectivity index (χ4n) is 5.00. The van der Waals surface area contributed by atoms with E-state index in [1.165, 1.54) is 6.07 Å². The molecule has 0 spiro atoms. The number of aliphatic hydroxyl groups is 2. The van der Waals surface area contributed by atoms with Gasteiger partial charge in [0.2, 0.25) is 5.91 Å². The van der Waals surface area contributed by atoms with E-state index in [-0.39, 0.29) is 36.6 Å². The van der Waals surface area contributed by atoms with Crippen LogP contribution in [-0.4, -0.2) is 46.3 Å². The second-order valence-electron chi connectivity index (χ2n) is 11.3. The van der Waals surface area contributed by atoms with E-state index in [4.69, 9.17) is 23.2 Å². The highest BCUT2D eigenvalue weighted by Crippen LogP contribution is 2.23. The Morgan fingerprint density at radius 2 is 1.57 bits per heavy atom. The number of hydrogen-bond acceptors (Lipinski definition) is 6. The quantitative estimate of drug-likeness (QED) is 0.103. The molecule has 0 unspecified atom stereocenters. The van der Waals surface area contributed by atoms with Crippen LogP contribution in [0.15, 0.2) is 84.9 Å². The molecule has 2 atom stereocenters. The van der Waals surface area contributed by atoms with E-state index >= 15 is 0 Å². The van der Waals surface area contributed by atoms with E-state index < -0.39 is 6.10 Å². The number of aromatic hydroxyl groups is 1. The first-order chi connectivity index (χ1) is 22.1. The van der Waals surface area contributed by atoms with E-state index in [2.05, 4.69) is 16.0 Å². The normalized spacial score (nSPS) is 12.4. The van der Waals surface area contributed by atoms with Crippen LogP contribution in [0.25, 0.3) is 0 Å². The van der Waals surface area contributed by atoms with Crippen LogP contribution >= 0.6 is 23.2 Å². The SMILES string of the molecule is C[C@H](Cc1cccc(CC(=O)NCc2ccc(C(=O)NCCc3ccc(Cl)c(Cl)c3)cc2)c1)NC[C@H](O)c1ccc(O)c(CO)c1. The zero-order chi connectivity index (χ0) is 33.1. The van der Waals surface area contributed by atoms with Crippen molar-refractivity contribution in [3.8, 4) is 5.75 Å². The molecule has 0 aliphatic heterocycles. The van der Waals surface area contributed by atoms with Gasteiger partial charge >= 0.3 is 0 Å². The summed E-state index contributed by atoms with van der Waals surface area (Å²) in [4.78, 5) is 25.2. The fraction of sp³-hybridized carbons (Fsp3) is 0.278. The summed E-state index contributed by atoms with van der Waals surface area (Å²) >= 11 is 12.0. The zero-order valence-electron chi connectivity index (χ0n) is 25.6. The van der Waals surface area contributed by atoms with Gasteiger partial charge in [0.05, 0.1) is 29.2 Å². The number of nitrogens with one attached hydrogen (secondary N) is 3. The molecule has 0 radical (unpaired) electrons. The molecule has 46 heavy (non-hydrogen) atoms. The Kier molecular flexibility index (Phi) is 13.0. The summed E-state index contributed by atoms with van der Waals surface area (Å²) in [6, 6.07) is 25.2. The van der Waals surface area contributed by atoms with E-state index in [1.807, 2.05) is 49.4 Å². The van der Waals surface area contributed by atoms with Crippen LogP contribution in [0.1, 0.15) is 56.8 Å². The van der Waals surface area contributed by atoms with Gasteiger partial charge in [0.1, 0.15) is 5.75 Å². The minimum atomic E-state index is -0.789. The van der Waals surface area contributed by atoms with Crippen molar-refractivity contribution in [3.05, 3.63) is 134 Å². The molecule has 0 aromatic heterocycles. The van der Waals surface area contributed by atoms with Crippen molar-refractivity contribution in [1.29, 1.82) is 0 Å². The van der Waals surface area contributed by atoms with Gasteiger partial charge in [-0.25, -0.2) is 0 Å². The van der Waals surface area contributed by atoms with Crippen molar-refractivity contribution in [2.24, 2.45) is 0 Å². The molecule has 8 nitrogen and oxygen atoms in total. The molecule has 0 saturated heterocycles. The Hall–Kier alpha value is -3.92.